The quantitative estimate of drug-likeness (QED) is 0.749. The lowest BCUT2D eigenvalue weighted by atomic mass is 10.2. The first-order chi connectivity index (χ1) is 12.0. The summed E-state index contributed by atoms with van der Waals surface area (Å²) < 4.78 is 7.56. The van der Waals surface area contributed by atoms with Crippen molar-refractivity contribution >= 4 is 23.6 Å². The third kappa shape index (κ3) is 3.63. The van der Waals surface area contributed by atoms with Crippen molar-refractivity contribution in [3.8, 4) is 0 Å². The molecule has 0 atom stereocenters. The van der Waals surface area contributed by atoms with Gasteiger partial charge in [-0.2, -0.15) is 4.98 Å². The molecule has 0 aliphatic heterocycles. The van der Waals surface area contributed by atoms with E-state index >= 15 is 0 Å². The standard InChI is InChI=1S/C16H16ClN5O3/c1-10(2)22-15(23)20-13(19-14-18-7-8-25-14)21(16(22)24)9-11-3-5-12(17)6-4-11/h3-8,10H,9H2,1-2H3,(H,18,19,20,23). The normalized spacial score (nSPS) is 11.0. The van der Waals surface area contributed by atoms with Gasteiger partial charge in [0.05, 0.1) is 12.7 Å². The molecule has 25 heavy (non-hydrogen) atoms. The minimum absolute atomic E-state index is 0.0595. The number of halogens is 1. The number of hydrogen-bond donors (Lipinski definition) is 1. The lowest BCUT2D eigenvalue weighted by Crippen LogP contribution is -2.43. The van der Waals surface area contributed by atoms with Crippen LogP contribution in [0, 0.1) is 0 Å². The van der Waals surface area contributed by atoms with E-state index in [4.69, 9.17) is 16.0 Å². The number of hydrogen-bond acceptors (Lipinski definition) is 6. The fourth-order valence-electron chi connectivity index (χ4n) is 2.34. The molecule has 0 aliphatic carbocycles. The molecular weight excluding hydrogens is 346 g/mol. The van der Waals surface area contributed by atoms with Crippen LogP contribution in [0.1, 0.15) is 25.5 Å². The lowest BCUT2D eigenvalue weighted by molar-refractivity contribution is 0.495. The van der Waals surface area contributed by atoms with Gasteiger partial charge in [0.15, 0.2) is 0 Å². The molecule has 9 heteroatoms. The van der Waals surface area contributed by atoms with Crippen molar-refractivity contribution in [3.63, 3.8) is 0 Å². The van der Waals surface area contributed by atoms with Crippen LogP contribution in [0.5, 0.6) is 0 Å². The number of nitrogens with zero attached hydrogens (tertiary/aromatic N) is 4. The van der Waals surface area contributed by atoms with Crippen LogP contribution in [0.25, 0.3) is 0 Å². The Bertz CT molecular complexity index is 974. The smallest absolute Gasteiger partial charge is 0.355 e. The molecule has 0 radical (unpaired) electrons. The molecule has 130 valence electrons. The van der Waals surface area contributed by atoms with Crippen LogP contribution in [0.15, 0.2) is 50.7 Å². The molecule has 2 heterocycles. The zero-order chi connectivity index (χ0) is 18.0. The molecule has 0 aliphatic rings. The Hall–Kier alpha value is -2.87. The summed E-state index contributed by atoms with van der Waals surface area (Å²) >= 11 is 5.90. The molecule has 0 spiro atoms. The Kier molecular flexibility index (Phi) is 4.71. The van der Waals surface area contributed by atoms with Crippen LogP contribution in [-0.4, -0.2) is 19.1 Å². The molecule has 2 aromatic heterocycles. The second kappa shape index (κ2) is 6.94. The SMILES string of the molecule is CC(C)n1c(=O)nc(Nc2ncco2)n(Cc2ccc(Cl)cc2)c1=O. The van der Waals surface area contributed by atoms with E-state index in [2.05, 4.69) is 15.3 Å². The molecule has 0 bridgehead atoms. The van der Waals surface area contributed by atoms with E-state index in [0.29, 0.717) is 5.02 Å². The maximum absolute atomic E-state index is 12.8. The predicted octanol–water partition coefficient (Wildman–Crippen LogP) is 2.42. The number of aromatic nitrogens is 4. The Morgan fingerprint density at radius 3 is 2.56 bits per heavy atom. The van der Waals surface area contributed by atoms with Crippen molar-refractivity contribution in [2.45, 2.75) is 26.4 Å². The van der Waals surface area contributed by atoms with E-state index < -0.39 is 11.4 Å². The molecule has 8 nitrogen and oxygen atoms in total. The van der Waals surface area contributed by atoms with E-state index in [1.807, 2.05) is 0 Å². The average molecular weight is 362 g/mol. The van der Waals surface area contributed by atoms with Gasteiger partial charge >= 0.3 is 17.4 Å². The lowest BCUT2D eigenvalue weighted by Gasteiger charge is -2.16. The highest BCUT2D eigenvalue weighted by Gasteiger charge is 2.16. The van der Waals surface area contributed by atoms with Crippen LogP contribution >= 0.6 is 11.6 Å². The highest BCUT2D eigenvalue weighted by molar-refractivity contribution is 6.30. The second-order valence-electron chi connectivity index (χ2n) is 5.64. The summed E-state index contributed by atoms with van der Waals surface area (Å²) in [5, 5.41) is 3.36. The number of benzene rings is 1. The van der Waals surface area contributed by atoms with E-state index in [-0.39, 0.29) is 24.5 Å². The van der Waals surface area contributed by atoms with Crippen molar-refractivity contribution in [3.05, 3.63) is 68.3 Å². The molecule has 0 saturated carbocycles. The summed E-state index contributed by atoms with van der Waals surface area (Å²) in [5.74, 6) is 0.0595. The van der Waals surface area contributed by atoms with Crippen molar-refractivity contribution in [1.82, 2.24) is 19.1 Å². The van der Waals surface area contributed by atoms with Crippen LogP contribution in [0.2, 0.25) is 5.02 Å². The first-order valence-electron chi connectivity index (χ1n) is 7.60. The van der Waals surface area contributed by atoms with E-state index in [9.17, 15) is 9.59 Å². The van der Waals surface area contributed by atoms with Crippen LogP contribution < -0.4 is 16.7 Å². The van der Waals surface area contributed by atoms with Crippen molar-refractivity contribution in [2.75, 3.05) is 5.32 Å². The van der Waals surface area contributed by atoms with Gasteiger partial charge in [-0.05, 0) is 31.5 Å². The number of nitrogens with one attached hydrogen (secondary N) is 1. The minimum atomic E-state index is -0.638. The number of anilines is 2. The van der Waals surface area contributed by atoms with Crippen molar-refractivity contribution < 1.29 is 4.42 Å². The molecule has 3 aromatic rings. The molecule has 1 aromatic carbocycles. The van der Waals surface area contributed by atoms with Gasteiger partial charge in [0.1, 0.15) is 6.26 Å². The van der Waals surface area contributed by atoms with Crippen molar-refractivity contribution in [1.29, 1.82) is 0 Å². The Balaban J connectivity index is 2.11. The van der Waals surface area contributed by atoms with Crippen molar-refractivity contribution in [2.24, 2.45) is 0 Å². The van der Waals surface area contributed by atoms with Crippen LogP contribution in [0.4, 0.5) is 12.0 Å². The fourth-order valence-corrected chi connectivity index (χ4v) is 2.47. The maximum Gasteiger partial charge on any atom is 0.355 e. The van der Waals surface area contributed by atoms with Gasteiger partial charge in [0.25, 0.3) is 0 Å². The maximum atomic E-state index is 12.8. The molecule has 3 rings (SSSR count). The third-order valence-electron chi connectivity index (χ3n) is 3.52. The third-order valence-corrected chi connectivity index (χ3v) is 3.77. The van der Waals surface area contributed by atoms with Crippen LogP contribution in [-0.2, 0) is 6.54 Å². The Morgan fingerprint density at radius 2 is 1.96 bits per heavy atom. The highest BCUT2D eigenvalue weighted by Crippen LogP contribution is 2.14. The number of oxazole rings is 1. The van der Waals surface area contributed by atoms with Gasteiger partial charge in [0, 0.05) is 11.1 Å². The summed E-state index contributed by atoms with van der Waals surface area (Å²) in [5.41, 5.74) is -0.280. The summed E-state index contributed by atoms with van der Waals surface area (Å²) in [6, 6.07) is 6.88. The van der Waals surface area contributed by atoms with Gasteiger partial charge in [0.2, 0.25) is 5.95 Å². The van der Waals surface area contributed by atoms with Gasteiger partial charge in [-0.25, -0.2) is 19.1 Å². The zero-order valence-corrected chi connectivity index (χ0v) is 14.4. The zero-order valence-electron chi connectivity index (χ0n) is 13.6. The van der Waals surface area contributed by atoms with E-state index in [0.717, 1.165) is 10.1 Å². The van der Waals surface area contributed by atoms with E-state index in [1.165, 1.54) is 17.0 Å². The first-order valence-corrected chi connectivity index (χ1v) is 7.98. The van der Waals surface area contributed by atoms with Gasteiger partial charge < -0.3 is 4.42 Å². The predicted molar refractivity (Wildman–Crippen MR) is 93.5 cm³/mol. The van der Waals surface area contributed by atoms with Gasteiger partial charge in [-0.1, -0.05) is 23.7 Å². The summed E-state index contributed by atoms with van der Waals surface area (Å²) in [7, 11) is 0. The molecule has 0 amide bonds. The molecule has 0 saturated heterocycles. The summed E-state index contributed by atoms with van der Waals surface area (Å²) in [6.45, 7) is 3.70. The largest absolute Gasteiger partial charge is 0.432 e. The Labute approximate surface area is 147 Å². The molecule has 0 unspecified atom stereocenters. The van der Waals surface area contributed by atoms with Crippen LogP contribution in [0.3, 0.4) is 0 Å². The summed E-state index contributed by atoms with van der Waals surface area (Å²) in [4.78, 5) is 32.9. The Morgan fingerprint density at radius 1 is 1.24 bits per heavy atom. The average Bonchev–Trinajstić information content (AvgIpc) is 3.05. The fraction of sp³-hybridized carbons (Fsp3) is 0.250. The second-order valence-corrected chi connectivity index (χ2v) is 6.08. The van der Waals surface area contributed by atoms with Gasteiger partial charge in [-0.15, -0.1) is 0 Å². The number of rotatable bonds is 5. The highest BCUT2D eigenvalue weighted by atomic mass is 35.5. The van der Waals surface area contributed by atoms with Gasteiger partial charge in [-0.3, -0.25) is 9.88 Å². The minimum Gasteiger partial charge on any atom is -0.432 e. The summed E-state index contributed by atoms with van der Waals surface area (Å²) in [6.07, 6.45) is 2.82. The topological polar surface area (TPSA) is 94.9 Å². The molecular formula is C16H16ClN5O3. The van der Waals surface area contributed by atoms with E-state index in [1.54, 1.807) is 38.1 Å². The monoisotopic (exact) mass is 361 g/mol. The molecule has 0 fully saturated rings. The molecule has 1 N–H and O–H groups in total. The first kappa shape index (κ1) is 17.0.